The molecule has 0 aromatic carbocycles. The molecular formula is C14H15FN4O. The van der Waals surface area contributed by atoms with Crippen molar-refractivity contribution in [3.8, 4) is 0 Å². The second-order valence-electron chi connectivity index (χ2n) is 5.01. The molecule has 0 aliphatic heterocycles. The fourth-order valence-electron chi connectivity index (χ4n) is 2.61. The number of nitrogens with zero attached hydrogens (tertiary/aromatic N) is 3. The molecule has 0 fully saturated rings. The highest BCUT2D eigenvalue weighted by Crippen LogP contribution is 2.21. The Kier molecular flexibility index (Phi) is 3.22. The Hall–Kier alpha value is -2.24. The van der Waals surface area contributed by atoms with Gasteiger partial charge < -0.3 is 9.88 Å². The van der Waals surface area contributed by atoms with Crippen molar-refractivity contribution in [2.75, 3.05) is 5.32 Å². The van der Waals surface area contributed by atoms with E-state index in [1.165, 1.54) is 0 Å². The summed E-state index contributed by atoms with van der Waals surface area (Å²) in [6.07, 6.45) is 4.83. The number of hydrogen-bond acceptors (Lipinski definition) is 4. The van der Waals surface area contributed by atoms with Gasteiger partial charge in [-0.05, 0) is 24.8 Å². The Labute approximate surface area is 115 Å². The van der Waals surface area contributed by atoms with E-state index in [2.05, 4.69) is 15.3 Å². The summed E-state index contributed by atoms with van der Waals surface area (Å²) in [6, 6.07) is 3.68. The fourth-order valence-corrected chi connectivity index (χ4v) is 2.61. The van der Waals surface area contributed by atoms with Crippen molar-refractivity contribution in [2.45, 2.75) is 25.3 Å². The number of nitrogens with one attached hydrogen (secondary N) is 1. The number of anilines is 1. The highest BCUT2D eigenvalue weighted by Gasteiger charge is 2.21. The van der Waals surface area contributed by atoms with Gasteiger partial charge in [0.2, 0.25) is 11.5 Å². The standard InChI is InChI=1S/C14H15FN4O/c1-19-12-4-3-11(6-9(12)2-5-13(19)20)18-14-16-7-10(15)8-17-14/h2,5,7-8,11H,3-4,6H2,1H3,(H,16,17,18). The van der Waals surface area contributed by atoms with Crippen LogP contribution >= 0.6 is 0 Å². The van der Waals surface area contributed by atoms with Gasteiger partial charge in [0, 0.05) is 24.8 Å². The molecule has 2 aromatic rings. The van der Waals surface area contributed by atoms with E-state index in [0.29, 0.717) is 5.95 Å². The van der Waals surface area contributed by atoms with Crippen LogP contribution in [0.4, 0.5) is 10.3 Å². The highest BCUT2D eigenvalue weighted by atomic mass is 19.1. The quantitative estimate of drug-likeness (QED) is 0.896. The van der Waals surface area contributed by atoms with Crippen LogP contribution in [0.2, 0.25) is 0 Å². The third-order valence-electron chi connectivity index (χ3n) is 3.68. The number of pyridine rings is 1. The van der Waals surface area contributed by atoms with Crippen molar-refractivity contribution in [1.82, 2.24) is 14.5 Å². The summed E-state index contributed by atoms with van der Waals surface area (Å²) in [4.78, 5) is 19.4. The SMILES string of the molecule is Cn1c2c(ccc1=O)CC(Nc1ncc(F)cn1)CC2. The molecule has 0 bridgehead atoms. The summed E-state index contributed by atoms with van der Waals surface area (Å²) in [5.74, 6) is -0.00999. The molecule has 1 N–H and O–H groups in total. The predicted octanol–water partition coefficient (Wildman–Crippen LogP) is 1.28. The molecular weight excluding hydrogens is 259 g/mol. The molecule has 1 aliphatic rings. The van der Waals surface area contributed by atoms with E-state index in [9.17, 15) is 9.18 Å². The van der Waals surface area contributed by atoms with Crippen molar-refractivity contribution in [2.24, 2.45) is 7.05 Å². The van der Waals surface area contributed by atoms with Gasteiger partial charge in [0.05, 0.1) is 12.4 Å². The Morgan fingerprint density at radius 3 is 2.85 bits per heavy atom. The highest BCUT2D eigenvalue weighted by molar-refractivity contribution is 5.31. The maximum Gasteiger partial charge on any atom is 0.250 e. The average molecular weight is 274 g/mol. The first-order chi connectivity index (χ1) is 9.63. The first-order valence-corrected chi connectivity index (χ1v) is 6.55. The first kappa shape index (κ1) is 12.8. The number of hydrogen-bond donors (Lipinski definition) is 1. The fraction of sp³-hybridized carbons (Fsp3) is 0.357. The third kappa shape index (κ3) is 2.41. The molecule has 2 heterocycles. The van der Waals surface area contributed by atoms with Crippen LogP contribution < -0.4 is 10.9 Å². The maximum atomic E-state index is 12.8. The molecule has 20 heavy (non-hydrogen) atoms. The van der Waals surface area contributed by atoms with E-state index in [0.717, 1.165) is 42.9 Å². The van der Waals surface area contributed by atoms with Gasteiger partial charge in [-0.25, -0.2) is 14.4 Å². The summed E-state index contributed by atoms with van der Waals surface area (Å²) >= 11 is 0. The van der Waals surface area contributed by atoms with Crippen molar-refractivity contribution in [1.29, 1.82) is 0 Å². The molecule has 0 radical (unpaired) electrons. The van der Waals surface area contributed by atoms with Crippen LogP contribution in [0.15, 0.2) is 29.3 Å². The summed E-state index contributed by atoms with van der Waals surface area (Å²) in [5, 5.41) is 3.21. The first-order valence-electron chi connectivity index (χ1n) is 6.55. The van der Waals surface area contributed by atoms with Crippen molar-refractivity contribution in [3.63, 3.8) is 0 Å². The number of fused-ring (bicyclic) bond motifs is 1. The van der Waals surface area contributed by atoms with Gasteiger partial charge in [-0.2, -0.15) is 0 Å². The number of aromatic nitrogens is 3. The Balaban J connectivity index is 1.77. The van der Waals surface area contributed by atoms with Crippen LogP contribution in [0.3, 0.4) is 0 Å². The summed E-state index contributed by atoms with van der Waals surface area (Å²) in [7, 11) is 1.80. The van der Waals surface area contributed by atoms with E-state index in [1.54, 1.807) is 17.7 Å². The maximum absolute atomic E-state index is 12.8. The number of halogens is 1. The Morgan fingerprint density at radius 1 is 1.35 bits per heavy atom. The zero-order valence-corrected chi connectivity index (χ0v) is 11.1. The van der Waals surface area contributed by atoms with E-state index in [-0.39, 0.29) is 11.6 Å². The lowest BCUT2D eigenvalue weighted by atomic mass is 9.91. The molecule has 104 valence electrons. The molecule has 0 amide bonds. The van der Waals surface area contributed by atoms with Gasteiger partial charge in [0.1, 0.15) is 0 Å². The minimum Gasteiger partial charge on any atom is -0.351 e. The average Bonchev–Trinajstić information content (AvgIpc) is 2.46. The minimum atomic E-state index is -0.445. The Morgan fingerprint density at radius 2 is 2.10 bits per heavy atom. The topological polar surface area (TPSA) is 59.8 Å². The molecule has 0 saturated heterocycles. The molecule has 0 saturated carbocycles. The van der Waals surface area contributed by atoms with Crippen molar-refractivity contribution in [3.05, 3.63) is 52.0 Å². The van der Waals surface area contributed by atoms with Crippen LogP contribution in [0.25, 0.3) is 0 Å². The minimum absolute atomic E-state index is 0.0250. The zero-order valence-electron chi connectivity index (χ0n) is 11.1. The summed E-state index contributed by atoms with van der Waals surface area (Å²) in [6.45, 7) is 0. The molecule has 1 atom stereocenters. The second kappa shape index (κ2) is 5.03. The van der Waals surface area contributed by atoms with Crippen LogP contribution in [0.1, 0.15) is 17.7 Å². The monoisotopic (exact) mass is 274 g/mol. The largest absolute Gasteiger partial charge is 0.351 e. The third-order valence-corrected chi connectivity index (χ3v) is 3.68. The van der Waals surface area contributed by atoms with Gasteiger partial charge in [-0.3, -0.25) is 4.79 Å². The van der Waals surface area contributed by atoms with E-state index in [4.69, 9.17) is 0 Å². The van der Waals surface area contributed by atoms with Crippen molar-refractivity contribution < 1.29 is 4.39 Å². The van der Waals surface area contributed by atoms with Crippen LogP contribution in [-0.2, 0) is 19.9 Å². The molecule has 1 aliphatic carbocycles. The Bertz CT molecular complexity index is 681. The van der Waals surface area contributed by atoms with Gasteiger partial charge in [0.15, 0.2) is 5.82 Å². The molecule has 6 heteroatoms. The molecule has 0 spiro atoms. The second-order valence-corrected chi connectivity index (χ2v) is 5.01. The van der Waals surface area contributed by atoms with Crippen LogP contribution in [0, 0.1) is 5.82 Å². The van der Waals surface area contributed by atoms with E-state index in [1.807, 2.05) is 6.07 Å². The lowest BCUT2D eigenvalue weighted by molar-refractivity contribution is 0.567. The van der Waals surface area contributed by atoms with Crippen LogP contribution in [0.5, 0.6) is 0 Å². The van der Waals surface area contributed by atoms with Crippen LogP contribution in [-0.4, -0.2) is 20.6 Å². The lowest BCUT2D eigenvalue weighted by Gasteiger charge is -2.26. The van der Waals surface area contributed by atoms with Gasteiger partial charge in [-0.15, -0.1) is 0 Å². The summed E-state index contributed by atoms with van der Waals surface area (Å²) < 4.78 is 14.5. The zero-order chi connectivity index (χ0) is 14.1. The van der Waals surface area contributed by atoms with Gasteiger partial charge in [0.25, 0.3) is 0 Å². The van der Waals surface area contributed by atoms with Gasteiger partial charge >= 0.3 is 0 Å². The molecule has 5 nitrogen and oxygen atoms in total. The smallest absolute Gasteiger partial charge is 0.250 e. The van der Waals surface area contributed by atoms with Crippen molar-refractivity contribution >= 4 is 5.95 Å². The summed E-state index contributed by atoms with van der Waals surface area (Å²) in [5.41, 5.74) is 2.28. The molecule has 3 rings (SSSR count). The van der Waals surface area contributed by atoms with E-state index < -0.39 is 5.82 Å². The van der Waals surface area contributed by atoms with Gasteiger partial charge in [-0.1, -0.05) is 6.07 Å². The molecule has 2 aromatic heterocycles. The normalized spacial score (nSPS) is 17.6. The number of rotatable bonds is 2. The van der Waals surface area contributed by atoms with E-state index >= 15 is 0 Å². The molecule has 1 unspecified atom stereocenters. The lowest BCUT2D eigenvalue weighted by Crippen LogP contribution is -2.32. The predicted molar refractivity (Wildman–Crippen MR) is 73.1 cm³/mol.